The number of nitrogens with zero attached hydrogens (tertiary/aromatic N) is 1. The molecule has 1 heterocycles. The number of rotatable bonds is 1. The zero-order valence-electron chi connectivity index (χ0n) is 17.8. The van der Waals surface area contributed by atoms with Crippen LogP contribution in [0.1, 0.15) is 52.7 Å². The summed E-state index contributed by atoms with van der Waals surface area (Å²) in [5, 5.41) is 5.18. The maximum absolute atomic E-state index is 4.63. The number of aromatic nitrogens is 1. The predicted molar refractivity (Wildman–Crippen MR) is 122 cm³/mol. The minimum atomic E-state index is 0.121. The van der Waals surface area contributed by atoms with Crippen molar-refractivity contribution in [3.8, 4) is 11.3 Å². The number of hydrogen-bond acceptors (Lipinski definition) is 1. The minimum Gasteiger partial charge on any atom is -0.256 e. The van der Waals surface area contributed by atoms with Gasteiger partial charge in [0, 0.05) is 11.8 Å². The summed E-state index contributed by atoms with van der Waals surface area (Å²) in [5.74, 6) is 0. The maximum Gasteiger partial charge on any atom is 0.0705 e. The number of pyridine rings is 1. The van der Waals surface area contributed by atoms with Crippen LogP contribution in [0.4, 0.5) is 0 Å². The highest BCUT2D eigenvalue weighted by atomic mass is 14.7. The first kappa shape index (κ1) is 18.7. The van der Waals surface area contributed by atoms with E-state index in [-0.39, 0.29) is 10.8 Å². The summed E-state index contributed by atoms with van der Waals surface area (Å²) in [7, 11) is 0. The van der Waals surface area contributed by atoms with E-state index in [1.54, 1.807) is 0 Å². The molecule has 0 fully saturated rings. The highest BCUT2D eigenvalue weighted by molar-refractivity contribution is 6.08. The fraction of sp³-hybridized carbons (Fsp3) is 0.296. The van der Waals surface area contributed by atoms with Crippen LogP contribution >= 0.6 is 0 Å². The van der Waals surface area contributed by atoms with E-state index in [2.05, 4.69) is 107 Å². The molecule has 4 rings (SSSR count). The monoisotopic (exact) mass is 367 g/mol. The Hall–Kier alpha value is -2.67. The van der Waals surface area contributed by atoms with E-state index in [4.69, 9.17) is 0 Å². The van der Waals surface area contributed by atoms with Gasteiger partial charge in [0.15, 0.2) is 0 Å². The van der Waals surface area contributed by atoms with Crippen molar-refractivity contribution in [1.29, 1.82) is 0 Å². The van der Waals surface area contributed by atoms with Crippen molar-refractivity contribution in [3.05, 3.63) is 78.0 Å². The van der Waals surface area contributed by atoms with Gasteiger partial charge in [-0.1, -0.05) is 84.0 Å². The third kappa shape index (κ3) is 3.42. The SMILES string of the molecule is CC(C)(C)c1ccnc(-c2ccc3c(ccc4cc(C(C)(C)C)ccc43)c2)c1. The molecular formula is C27H29N. The van der Waals surface area contributed by atoms with Crippen LogP contribution in [0, 0.1) is 0 Å². The van der Waals surface area contributed by atoms with Crippen molar-refractivity contribution in [3.63, 3.8) is 0 Å². The molecule has 142 valence electrons. The number of benzene rings is 3. The third-order valence-corrected chi connectivity index (χ3v) is 5.62. The zero-order valence-corrected chi connectivity index (χ0v) is 17.8. The van der Waals surface area contributed by atoms with Crippen LogP contribution in [0.3, 0.4) is 0 Å². The average molecular weight is 368 g/mol. The highest BCUT2D eigenvalue weighted by Gasteiger charge is 2.16. The smallest absolute Gasteiger partial charge is 0.0705 e. The van der Waals surface area contributed by atoms with E-state index >= 15 is 0 Å². The summed E-state index contributed by atoms with van der Waals surface area (Å²) in [6.07, 6.45) is 1.93. The molecule has 0 spiro atoms. The summed E-state index contributed by atoms with van der Waals surface area (Å²) in [6.45, 7) is 13.5. The second-order valence-corrected chi connectivity index (χ2v) is 9.87. The fourth-order valence-electron chi connectivity index (χ4n) is 3.75. The van der Waals surface area contributed by atoms with Crippen molar-refractivity contribution in [2.24, 2.45) is 0 Å². The first-order chi connectivity index (χ1) is 13.1. The van der Waals surface area contributed by atoms with Crippen LogP contribution in [0.25, 0.3) is 32.8 Å². The lowest BCUT2D eigenvalue weighted by Gasteiger charge is -2.20. The van der Waals surface area contributed by atoms with Crippen LogP contribution in [0.2, 0.25) is 0 Å². The highest BCUT2D eigenvalue weighted by Crippen LogP contribution is 2.33. The van der Waals surface area contributed by atoms with Gasteiger partial charge in [-0.05, 0) is 61.7 Å². The van der Waals surface area contributed by atoms with Crippen LogP contribution in [0.15, 0.2) is 66.9 Å². The lowest BCUT2D eigenvalue weighted by atomic mass is 9.85. The summed E-state index contributed by atoms with van der Waals surface area (Å²) < 4.78 is 0. The second kappa shape index (κ2) is 6.44. The molecule has 0 aliphatic carbocycles. The Morgan fingerprint density at radius 2 is 1.14 bits per heavy atom. The molecule has 0 radical (unpaired) electrons. The molecule has 1 heteroatoms. The first-order valence-corrected chi connectivity index (χ1v) is 10.1. The van der Waals surface area contributed by atoms with Gasteiger partial charge in [0.2, 0.25) is 0 Å². The summed E-state index contributed by atoms with van der Waals surface area (Å²) in [6, 6.07) is 22.4. The Kier molecular flexibility index (Phi) is 4.30. The van der Waals surface area contributed by atoms with E-state index in [1.807, 2.05) is 6.20 Å². The molecule has 0 N–H and O–H groups in total. The van der Waals surface area contributed by atoms with Gasteiger partial charge in [0.25, 0.3) is 0 Å². The molecule has 28 heavy (non-hydrogen) atoms. The van der Waals surface area contributed by atoms with Gasteiger partial charge in [0.1, 0.15) is 0 Å². The zero-order chi connectivity index (χ0) is 20.1. The molecule has 0 saturated carbocycles. The standard InChI is InChI=1S/C27H29N/c1-26(2,3)21-10-12-24-19(16-21)8-7-18-15-20(9-11-23(18)24)25-17-22(13-14-28-25)27(4,5)6/h7-17H,1-6H3. The predicted octanol–water partition coefficient (Wildman–Crippen LogP) is 7.65. The minimum absolute atomic E-state index is 0.121. The second-order valence-electron chi connectivity index (χ2n) is 9.87. The Labute approximate surface area is 168 Å². The fourth-order valence-corrected chi connectivity index (χ4v) is 3.75. The Balaban J connectivity index is 1.83. The lowest BCUT2D eigenvalue weighted by molar-refractivity contribution is 0.589. The van der Waals surface area contributed by atoms with Crippen LogP contribution in [0.5, 0.6) is 0 Å². The molecule has 0 saturated heterocycles. The van der Waals surface area contributed by atoms with Crippen LogP contribution in [-0.4, -0.2) is 4.98 Å². The van der Waals surface area contributed by atoms with E-state index in [1.165, 1.54) is 38.2 Å². The van der Waals surface area contributed by atoms with Crippen molar-refractivity contribution < 1.29 is 0 Å². The van der Waals surface area contributed by atoms with Crippen LogP contribution < -0.4 is 0 Å². The maximum atomic E-state index is 4.63. The van der Waals surface area contributed by atoms with Crippen molar-refractivity contribution in [2.45, 2.75) is 52.4 Å². The summed E-state index contributed by atoms with van der Waals surface area (Å²) >= 11 is 0. The van der Waals surface area contributed by atoms with E-state index in [0.29, 0.717) is 0 Å². The molecule has 1 aromatic heterocycles. The van der Waals surface area contributed by atoms with E-state index in [9.17, 15) is 0 Å². The lowest BCUT2D eigenvalue weighted by Crippen LogP contribution is -2.11. The van der Waals surface area contributed by atoms with Gasteiger partial charge < -0.3 is 0 Å². The van der Waals surface area contributed by atoms with Crippen LogP contribution in [-0.2, 0) is 10.8 Å². The Bertz CT molecular complexity index is 1170. The number of fused-ring (bicyclic) bond motifs is 3. The summed E-state index contributed by atoms with van der Waals surface area (Å²) in [4.78, 5) is 4.63. The Morgan fingerprint density at radius 3 is 1.79 bits per heavy atom. The molecule has 0 unspecified atom stereocenters. The quantitative estimate of drug-likeness (QED) is 0.315. The Morgan fingerprint density at radius 1 is 0.571 bits per heavy atom. The normalized spacial score (nSPS) is 12.6. The average Bonchev–Trinajstić information content (AvgIpc) is 2.65. The van der Waals surface area contributed by atoms with Crippen molar-refractivity contribution >= 4 is 21.5 Å². The molecule has 3 aromatic carbocycles. The molecule has 0 aliphatic heterocycles. The summed E-state index contributed by atoms with van der Waals surface area (Å²) in [5.41, 5.74) is 5.18. The molecule has 0 aliphatic rings. The van der Waals surface area contributed by atoms with E-state index in [0.717, 1.165) is 5.69 Å². The molecule has 1 nitrogen and oxygen atoms in total. The molecule has 0 atom stereocenters. The largest absolute Gasteiger partial charge is 0.256 e. The first-order valence-electron chi connectivity index (χ1n) is 10.1. The molecule has 0 amide bonds. The van der Waals surface area contributed by atoms with Gasteiger partial charge in [-0.2, -0.15) is 0 Å². The van der Waals surface area contributed by atoms with Gasteiger partial charge >= 0.3 is 0 Å². The van der Waals surface area contributed by atoms with E-state index < -0.39 is 0 Å². The van der Waals surface area contributed by atoms with Gasteiger partial charge in [-0.25, -0.2) is 0 Å². The topological polar surface area (TPSA) is 12.9 Å². The molecular weight excluding hydrogens is 338 g/mol. The molecule has 4 aromatic rings. The van der Waals surface area contributed by atoms with Gasteiger partial charge in [0.05, 0.1) is 5.69 Å². The van der Waals surface area contributed by atoms with Crippen molar-refractivity contribution in [1.82, 2.24) is 4.98 Å². The van der Waals surface area contributed by atoms with Gasteiger partial charge in [-0.3, -0.25) is 4.98 Å². The van der Waals surface area contributed by atoms with Crippen molar-refractivity contribution in [2.75, 3.05) is 0 Å². The number of hydrogen-bond donors (Lipinski definition) is 0. The molecule has 0 bridgehead atoms. The van der Waals surface area contributed by atoms with Gasteiger partial charge in [-0.15, -0.1) is 0 Å². The third-order valence-electron chi connectivity index (χ3n) is 5.62.